The Labute approximate surface area is 107 Å². The first-order chi connectivity index (χ1) is 8.44. The molecule has 0 bridgehead atoms. The Hall–Kier alpha value is -0.970. The summed E-state index contributed by atoms with van der Waals surface area (Å²) in [4.78, 5) is 4.28. The first-order valence-corrected chi connectivity index (χ1v) is 6.56. The van der Waals surface area contributed by atoms with Crippen molar-refractivity contribution in [2.45, 2.75) is 58.2 Å². The minimum atomic E-state index is -2.45. The summed E-state index contributed by atoms with van der Waals surface area (Å²) in [5, 5.41) is 3.29. The number of rotatable bonds is 5. The maximum atomic E-state index is 13.1. The molecule has 0 aromatic carbocycles. The van der Waals surface area contributed by atoms with E-state index in [-0.39, 0.29) is 18.8 Å². The van der Waals surface area contributed by atoms with Crippen LogP contribution in [0.15, 0.2) is 12.5 Å². The molecular weight excluding hydrogens is 236 g/mol. The average molecular weight is 257 g/mol. The van der Waals surface area contributed by atoms with E-state index in [4.69, 9.17) is 0 Å². The second-order valence-corrected chi connectivity index (χ2v) is 5.56. The molecule has 1 aromatic rings. The lowest BCUT2D eigenvalue weighted by atomic mass is 10.1. The Morgan fingerprint density at radius 1 is 1.56 bits per heavy atom. The number of imidazole rings is 1. The summed E-state index contributed by atoms with van der Waals surface area (Å²) in [5.41, 5.74) is 0.966. The van der Waals surface area contributed by atoms with E-state index >= 15 is 0 Å². The second kappa shape index (κ2) is 5.34. The van der Waals surface area contributed by atoms with Gasteiger partial charge in [-0.1, -0.05) is 13.8 Å². The zero-order valence-electron chi connectivity index (χ0n) is 11.0. The molecule has 0 aliphatic heterocycles. The monoisotopic (exact) mass is 257 g/mol. The van der Waals surface area contributed by atoms with Gasteiger partial charge in [-0.25, -0.2) is 13.8 Å². The van der Waals surface area contributed by atoms with Gasteiger partial charge in [0.05, 0.1) is 12.0 Å². The highest BCUT2D eigenvalue weighted by Crippen LogP contribution is 2.39. The van der Waals surface area contributed by atoms with Crippen molar-refractivity contribution in [3.05, 3.63) is 18.2 Å². The van der Waals surface area contributed by atoms with Crippen LogP contribution in [0.4, 0.5) is 8.78 Å². The van der Waals surface area contributed by atoms with Crippen LogP contribution >= 0.6 is 0 Å². The smallest absolute Gasteiger partial charge is 0.248 e. The molecule has 102 valence electrons. The highest BCUT2D eigenvalue weighted by atomic mass is 19.3. The molecule has 1 aromatic heterocycles. The lowest BCUT2D eigenvalue weighted by Gasteiger charge is -2.10. The zero-order chi connectivity index (χ0) is 13.2. The first-order valence-electron chi connectivity index (χ1n) is 6.56. The van der Waals surface area contributed by atoms with E-state index in [0.717, 1.165) is 12.2 Å². The molecule has 1 unspecified atom stereocenters. The van der Waals surface area contributed by atoms with E-state index in [1.165, 1.54) is 0 Å². The molecule has 1 atom stereocenters. The normalized spacial score (nSPS) is 22.8. The fourth-order valence-corrected chi connectivity index (χ4v) is 2.40. The van der Waals surface area contributed by atoms with Crippen molar-refractivity contribution in [1.29, 1.82) is 0 Å². The Bertz CT molecular complexity index is 387. The summed E-state index contributed by atoms with van der Waals surface area (Å²) in [7, 11) is 0. The van der Waals surface area contributed by atoms with Gasteiger partial charge < -0.3 is 9.88 Å². The van der Waals surface area contributed by atoms with E-state index in [1.54, 1.807) is 6.33 Å². The predicted octanol–water partition coefficient (Wildman–Crippen LogP) is 2.82. The Morgan fingerprint density at radius 2 is 2.33 bits per heavy atom. The molecule has 1 N–H and O–H groups in total. The van der Waals surface area contributed by atoms with Crippen molar-refractivity contribution in [3.8, 4) is 0 Å². The van der Waals surface area contributed by atoms with Gasteiger partial charge in [0, 0.05) is 38.2 Å². The Balaban J connectivity index is 1.83. The molecule has 1 heterocycles. The summed E-state index contributed by atoms with van der Waals surface area (Å²) in [6, 6.07) is 0.420. The van der Waals surface area contributed by atoms with Crippen molar-refractivity contribution >= 4 is 0 Å². The number of hydrogen-bond acceptors (Lipinski definition) is 2. The van der Waals surface area contributed by atoms with Crippen LogP contribution in [0, 0.1) is 5.92 Å². The summed E-state index contributed by atoms with van der Waals surface area (Å²) in [6.45, 7) is 5.55. The van der Waals surface area contributed by atoms with Crippen LogP contribution in [-0.2, 0) is 13.1 Å². The van der Waals surface area contributed by atoms with Crippen LogP contribution in [0.2, 0.25) is 0 Å². The largest absolute Gasteiger partial charge is 0.337 e. The third-order valence-corrected chi connectivity index (χ3v) is 3.35. The van der Waals surface area contributed by atoms with Gasteiger partial charge in [0.15, 0.2) is 0 Å². The molecule has 1 saturated carbocycles. The quantitative estimate of drug-likeness (QED) is 0.879. The molecule has 1 aliphatic rings. The topological polar surface area (TPSA) is 29.9 Å². The molecular formula is C13H21F2N3. The highest BCUT2D eigenvalue weighted by molar-refractivity contribution is 4.97. The molecule has 0 radical (unpaired) electrons. The molecule has 0 amide bonds. The van der Waals surface area contributed by atoms with Crippen LogP contribution in [0.25, 0.3) is 0 Å². The number of hydrogen-bond donors (Lipinski definition) is 1. The number of halogens is 2. The summed E-state index contributed by atoms with van der Waals surface area (Å²) >= 11 is 0. The standard InChI is InChI=1S/C13H21F2N3/c1-10(2)16-6-12-8-18(9-17-12)7-11-3-4-13(14,15)5-11/h8-11,16H,3-7H2,1-2H3. The third kappa shape index (κ3) is 3.77. The maximum Gasteiger partial charge on any atom is 0.248 e. The van der Waals surface area contributed by atoms with Crippen molar-refractivity contribution in [1.82, 2.24) is 14.9 Å². The van der Waals surface area contributed by atoms with Gasteiger partial charge in [-0.15, -0.1) is 0 Å². The van der Waals surface area contributed by atoms with Crippen LogP contribution in [-0.4, -0.2) is 21.5 Å². The molecule has 1 aliphatic carbocycles. The van der Waals surface area contributed by atoms with Crippen LogP contribution in [0.1, 0.15) is 38.8 Å². The summed E-state index contributed by atoms with van der Waals surface area (Å²) < 4.78 is 28.1. The minimum absolute atomic E-state index is 0.0186. The van der Waals surface area contributed by atoms with Crippen LogP contribution < -0.4 is 5.32 Å². The van der Waals surface area contributed by atoms with Crippen molar-refractivity contribution in [2.24, 2.45) is 5.92 Å². The van der Waals surface area contributed by atoms with Gasteiger partial charge >= 0.3 is 0 Å². The second-order valence-electron chi connectivity index (χ2n) is 5.56. The van der Waals surface area contributed by atoms with Gasteiger partial charge in [-0.3, -0.25) is 0 Å². The van der Waals surface area contributed by atoms with E-state index < -0.39 is 5.92 Å². The number of nitrogens with one attached hydrogen (secondary N) is 1. The Kier molecular flexibility index (Phi) is 4.00. The molecule has 5 heteroatoms. The van der Waals surface area contributed by atoms with E-state index in [1.807, 2.05) is 10.8 Å². The summed E-state index contributed by atoms with van der Waals surface area (Å²) in [6.07, 6.45) is 4.36. The maximum absolute atomic E-state index is 13.1. The van der Waals surface area contributed by atoms with Crippen LogP contribution in [0.5, 0.6) is 0 Å². The fraction of sp³-hybridized carbons (Fsp3) is 0.769. The molecule has 0 saturated heterocycles. The van der Waals surface area contributed by atoms with Gasteiger partial charge in [0.1, 0.15) is 0 Å². The summed E-state index contributed by atoms with van der Waals surface area (Å²) in [5.74, 6) is -2.37. The highest BCUT2D eigenvalue weighted by Gasteiger charge is 2.39. The third-order valence-electron chi connectivity index (χ3n) is 3.35. The molecule has 3 nitrogen and oxygen atoms in total. The molecule has 18 heavy (non-hydrogen) atoms. The van der Waals surface area contributed by atoms with Crippen molar-refractivity contribution < 1.29 is 8.78 Å². The minimum Gasteiger partial charge on any atom is -0.337 e. The van der Waals surface area contributed by atoms with E-state index in [2.05, 4.69) is 24.1 Å². The van der Waals surface area contributed by atoms with Gasteiger partial charge in [-0.05, 0) is 12.3 Å². The van der Waals surface area contributed by atoms with E-state index in [9.17, 15) is 8.78 Å². The lowest BCUT2D eigenvalue weighted by molar-refractivity contribution is 0.00436. The lowest BCUT2D eigenvalue weighted by Crippen LogP contribution is -2.21. The van der Waals surface area contributed by atoms with Gasteiger partial charge in [0.25, 0.3) is 0 Å². The number of aromatic nitrogens is 2. The zero-order valence-corrected chi connectivity index (χ0v) is 11.0. The molecule has 1 fully saturated rings. The number of nitrogens with zero attached hydrogens (tertiary/aromatic N) is 2. The van der Waals surface area contributed by atoms with Gasteiger partial charge in [-0.2, -0.15) is 0 Å². The number of alkyl halides is 2. The predicted molar refractivity (Wildman–Crippen MR) is 66.5 cm³/mol. The SMILES string of the molecule is CC(C)NCc1cn(CC2CCC(F)(F)C2)cn1. The fourth-order valence-electron chi connectivity index (χ4n) is 2.40. The van der Waals surface area contributed by atoms with Gasteiger partial charge in [0.2, 0.25) is 5.92 Å². The van der Waals surface area contributed by atoms with Crippen LogP contribution in [0.3, 0.4) is 0 Å². The Morgan fingerprint density at radius 3 is 2.94 bits per heavy atom. The van der Waals surface area contributed by atoms with E-state index in [0.29, 0.717) is 19.0 Å². The molecule has 0 spiro atoms. The van der Waals surface area contributed by atoms with Crippen molar-refractivity contribution in [2.75, 3.05) is 0 Å². The molecule has 2 rings (SSSR count). The average Bonchev–Trinajstić information content (AvgIpc) is 2.83. The first kappa shape index (κ1) is 13.5. The van der Waals surface area contributed by atoms with Crippen molar-refractivity contribution in [3.63, 3.8) is 0 Å².